The Morgan fingerprint density at radius 2 is 1.56 bits per heavy atom. The highest BCUT2D eigenvalue weighted by Crippen LogP contribution is 2.29. The van der Waals surface area contributed by atoms with Crippen molar-refractivity contribution in [3.63, 3.8) is 0 Å². The maximum atomic E-state index is 11.8. The molecule has 2 aliphatic rings. The van der Waals surface area contributed by atoms with Gasteiger partial charge < -0.3 is 31.2 Å². The zero-order valence-electron chi connectivity index (χ0n) is 24.3. The van der Waals surface area contributed by atoms with Crippen LogP contribution in [0, 0.1) is 0 Å². The van der Waals surface area contributed by atoms with Crippen molar-refractivity contribution in [1.29, 1.82) is 0 Å². The number of primary amides is 2. The van der Waals surface area contributed by atoms with Gasteiger partial charge in [0.1, 0.15) is 11.6 Å². The molecule has 2 aliphatic heterocycles. The van der Waals surface area contributed by atoms with Crippen LogP contribution in [0.3, 0.4) is 0 Å². The number of carbonyl (C=O) groups excluding carboxylic acids is 2. The van der Waals surface area contributed by atoms with Crippen molar-refractivity contribution in [3.8, 4) is 5.75 Å². The molecule has 3 aromatic rings. The maximum Gasteiger partial charge on any atom is 0.271 e. The number of aromatic nitrogens is 2. The van der Waals surface area contributed by atoms with Gasteiger partial charge in [-0.25, -0.2) is 9.97 Å². The highest BCUT2D eigenvalue weighted by Gasteiger charge is 2.19. The van der Waals surface area contributed by atoms with Crippen LogP contribution in [0.2, 0.25) is 0 Å². The Balaban J connectivity index is 0.000000299. The molecule has 2 saturated heterocycles. The van der Waals surface area contributed by atoms with E-state index < -0.39 is 11.8 Å². The number of methoxy groups -OCH3 is 1. The summed E-state index contributed by atoms with van der Waals surface area (Å²) in [4.78, 5) is 33.6. The van der Waals surface area contributed by atoms with E-state index in [0.29, 0.717) is 17.3 Å². The quantitative estimate of drug-likeness (QED) is 0.364. The van der Waals surface area contributed by atoms with Gasteiger partial charge in [-0.1, -0.05) is 26.0 Å². The summed E-state index contributed by atoms with van der Waals surface area (Å²) in [5.74, 6) is 1.45. The maximum absolute atomic E-state index is 11.8. The number of piperidine rings is 1. The third-order valence-corrected chi connectivity index (χ3v) is 6.91. The summed E-state index contributed by atoms with van der Waals surface area (Å²) in [6.45, 7) is 7.57. The van der Waals surface area contributed by atoms with Crippen molar-refractivity contribution in [3.05, 3.63) is 71.5 Å². The standard InChI is InChI=1S/C21H27N5O2.C8H9NO2.C2H6/c22-20(27)19-21(25-18(14-23-19)26-10-2-1-3-11-26)24-17-6-4-15(5-7-17)16-8-12-28-13-9-16;1-11-7-4-2-6(3-5-7)8(9)10;1-2/h4-7,14,16H,1-3,8-13H2,(H2,22,27)(H,24,25);2-5H,1H3,(H2,9,10);1-2H3. The van der Waals surface area contributed by atoms with Crippen LogP contribution in [-0.2, 0) is 4.74 Å². The largest absolute Gasteiger partial charge is 0.497 e. The topological polar surface area (TPSA) is 146 Å². The fraction of sp³-hybridized carbons (Fsp3) is 0.419. The van der Waals surface area contributed by atoms with Gasteiger partial charge in [0.15, 0.2) is 11.5 Å². The summed E-state index contributed by atoms with van der Waals surface area (Å²) in [5.41, 5.74) is 13.4. The molecule has 0 unspecified atom stereocenters. The van der Waals surface area contributed by atoms with E-state index in [1.165, 1.54) is 12.0 Å². The molecule has 2 amide bonds. The van der Waals surface area contributed by atoms with Gasteiger partial charge in [0.05, 0.1) is 13.3 Å². The molecule has 2 aromatic carbocycles. The van der Waals surface area contributed by atoms with Gasteiger partial charge in [0, 0.05) is 37.6 Å². The Morgan fingerprint density at radius 3 is 2.12 bits per heavy atom. The molecule has 0 aliphatic carbocycles. The Hall–Kier alpha value is -4.18. The van der Waals surface area contributed by atoms with E-state index >= 15 is 0 Å². The van der Waals surface area contributed by atoms with Crippen LogP contribution in [-0.4, -0.2) is 55.2 Å². The molecule has 0 spiro atoms. The highest BCUT2D eigenvalue weighted by molar-refractivity contribution is 5.96. The molecule has 2 fully saturated rings. The normalized spacial score (nSPS) is 15.0. The summed E-state index contributed by atoms with van der Waals surface area (Å²) in [7, 11) is 1.57. The van der Waals surface area contributed by atoms with Crippen LogP contribution in [0.15, 0.2) is 54.7 Å². The first-order chi connectivity index (χ1) is 19.9. The number of anilines is 3. The Morgan fingerprint density at radius 1 is 0.927 bits per heavy atom. The van der Waals surface area contributed by atoms with Crippen LogP contribution in [0.1, 0.15) is 78.3 Å². The first-order valence-corrected chi connectivity index (χ1v) is 14.2. The van der Waals surface area contributed by atoms with Crippen LogP contribution >= 0.6 is 0 Å². The molecule has 220 valence electrons. The van der Waals surface area contributed by atoms with E-state index in [9.17, 15) is 9.59 Å². The number of amides is 2. The summed E-state index contributed by atoms with van der Waals surface area (Å²) in [6.07, 6.45) is 7.30. The molecule has 0 atom stereocenters. The van der Waals surface area contributed by atoms with Crippen molar-refractivity contribution in [2.75, 3.05) is 43.6 Å². The second-order valence-electron chi connectivity index (χ2n) is 9.56. The molecule has 0 bridgehead atoms. The first kappa shape index (κ1) is 31.3. The van der Waals surface area contributed by atoms with Crippen molar-refractivity contribution in [1.82, 2.24) is 9.97 Å². The predicted molar refractivity (Wildman–Crippen MR) is 162 cm³/mol. The van der Waals surface area contributed by atoms with Gasteiger partial charge in [-0.2, -0.15) is 0 Å². The third kappa shape index (κ3) is 9.18. The fourth-order valence-electron chi connectivity index (χ4n) is 4.68. The van der Waals surface area contributed by atoms with E-state index in [-0.39, 0.29) is 5.69 Å². The molecule has 0 radical (unpaired) electrons. The number of carbonyl (C=O) groups is 2. The van der Waals surface area contributed by atoms with Gasteiger partial charge in [0.25, 0.3) is 5.91 Å². The van der Waals surface area contributed by atoms with Crippen molar-refractivity contribution in [2.45, 2.75) is 51.9 Å². The minimum absolute atomic E-state index is 0.161. The monoisotopic (exact) mass is 562 g/mol. The average Bonchev–Trinajstić information content (AvgIpc) is 3.03. The number of hydrogen-bond donors (Lipinski definition) is 3. The molecule has 41 heavy (non-hydrogen) atoms. The number of rotatable bonds is 7. The molecule has 10 nitrogen and oxygen atoms in total. The van der Waals surface area contributed by atoms with E-state index in [1.807, 2.05) is 26.0 Å². The lowest BCUT2D eigenvalue weighted by atomic mass is 9.92. The molecule has 10 heteroatoms. The Labute approximate surface area is 242 Å². The van der Waals surface area contributed by atoms with Crippen LogP contribution in [0.5, 0.6) is 5.75 Å². The van der Waals surface area contributed by atoms with Crippen molar-refractivity contribution in [2.24, 2.45) is 11.5 Å². The average molecular weight is 563 g/mol. The molecule has 1 aromatic heterocycles. The number of benzene rings is 2. The first-order valence-electron chi connectivity index (χ1n) is 14.2. The number of nitrogens with two attached hydrogens (primary N) is 2. The van der Waals surface area contributed by atoms with Gasteiger partial charge in [0.2, 0.25) is 5.91 Å². The lowest BCUT2D eigenvalue weighted by Crippen LogP contribution is -2.31. The zero-order chi connectivity index (χ0) is 29.6. The fourth-order valence-corrected chi connectivity index (χ4v) is 4.68. The van der Waals surface area contributed by atoms with E-state index in [4.69, 9.17) is 20.9 Å². The lowest BCUT2D eigenvalue weighted by Gasteiger charge is -2.28. The number of hydrogen-bond acceptors (Lipinski definition) is 8. The lowest BCUT2D eigenvalue weighted by molar-refractivity contribution is 0.0853. The molecule has 5 N–H and O–H groups in total. The highest BCUT2D eigenvalue weighted by atomic mass is 16.5. The second kappa shape index (κ2) is 16.2. The molecule has 5 rings (SSSR count). The van der Waals surface area contributed by atoms with E-state index in [1.54, 1.807) is 37.6 Å². The Kier molecular flexibility index (Phi) is 12.4. The van der Waals surface area contributed by atoms with E-state index in [2.05, 4.69) is 32.3 Å². The number of ether oxygens (including phenoxy) is 2. The summed E-state index contributed by atoms with van der Waals surface area (Å²) in [6, 6.07) is 14.9. The molecule has 0 saturated carbocycles. The zero-order valence-corrected chi connectivity index (χ0v) is 24.3. The third-order valence-electron chi connectivity index (χ3n) is 6.91. The molecular formula is C31H42N6O4. The van der Waals surface area contributed by atoms with Crippen molar-refractivity contribution < 1.29 is 19.1 Å². The number of nitrogens with zero attached hydrogens (tertiary/aromatic N) is 3. The van der Waals surface area contributed by atoms with Gasteiger partial charge in [-0.05, 0) is 80.0 Å². The van der Waals surface area contributed by atoms with Crippen LogP contribution in [0.4, 0.5) is 17.3 Å². The SMILES string of the molecule is CC.COc1ccc(C(N)=O)cc1.NC(=O)c1ncc(N2CCCCC2)nc1Nc1ccc(C2CCOCC2)cc1. The van der Waals surface area contributed by atoms with Gasteiger partial charge in [-0.15, -0.1) is 0 Å². The van der Waals surface area contributed by atoms with E-state index in [0.717, 1.165) is 69.2 Å². The van der Waals surface area contributed by atoms with Gasteiger partial charge >= 0.3 is 0 Å². The minimum atomic E-state index is -0.584. The smallest absolute Gasteiger partial charge is 0.271 e. The van der Waals surface area contributed by atoms with Crippen LogP contribution < -0.4 is 26.4 Å². The van der Waals surface area contributed by atoms with Gasteiger partial charge in [-0.3, -0.25) is 9.59 Å². The molecule has 3 heterocycles. The minimum Gasteiger partial charge on any atom is -0.497 e. The summed E-state index contributed by atoms with van der Waals surface area (Å²) in [5, 5.41) is 3.24. The molecular weight excluding hydrogens is 520 g/mol. The predicted octanol–water partition coefficient (Wildman–Crippen LogP) is 5.02. The Bertz CT molecular complexity index is 1240. The second-order valence-corrected chi connectivity index (χ2v) is 9.56. The number of nitrogens with one attached hydrogen (secondary N) is 1. The summed E-state index contributed by atoms with van der Waals surface area (Å²) >= 11 is 0. The van der Waals surface area contributed by atoms with Crippen molar-refractivity contribution >= 4 is 29.1 Å². The van der Waals surface area contributed by atoms with Crippen LogP contribution in [0.25, 0.3) is 0 Å². The summed E-state index contributed by atoms with van der Waals surface area (Å²) < 4.78 is 10.3.